The minimum absolute atomic E-state index is 0.126. The first-order valence-electron chi connectivity index (χ1n) is 5.84. The van der Waals surface area contributed by atoms with Gasteiger partial charge in [-0.15, -0.1) is 0 Å². The highest BCUT2D eigenvalue weighted by atomic mass is 16.2. The first kappa shape index (κ1) is 10.2. The molecule has 1 fully saturated rings. The summed E-state index contributed by atoms with van der Waals surface area (Å²) in [6.07, 6.45) is 5.63. The van der Waals surface area contributed by atoms with Crippen molar-refractivity contribution < 1.29 is 4.79 Å². The van der Waals surface area contributed by atoms with E-state index >= 15 is 0 Å². The fourth-order valence-corrected chi connectivity index (χ4v) is 2.23. The third-order valence-electron chi connectivity index (χ3n) is 3.19. The Labute approximate surface area is 99.3 Å². The van der Waals surface area contributed by atoms with Crippen LogP contribution in [0.25, 0.3) is 10.8 Å². The maximum Gasteiger partial charge on any atom is 0.253 e. The Morgan fingerprint density at radius 3 is 2.53 bits per heavy atom. The lowest BCUT2D eigenvalue weighted by Crippen LogP contribution is -2.27. The molecule has 4 nitrogen and oxygen atoms in total. The molecule has 1 aromatic heterocycles. The molecule has 1 amide bonds. The normalized spacial score (nSPS) is 15.4. The average molecular weight is 227 g/mol. The molecule has 86 valence electrons. The number of carbonyl (C=O) groups excluding carboxylic acids is 1. The number of fused-ring (bicyclic) bond motifs is 1. The van der Waals surface area contributed by atoms with E-state index in [0.717, 1.165) is 42.3 Å². The van der Waals surface area contributed by atoms with E-state index in [9.17, 15) is 4.79 Å². The number of benzene rings is 1. The number of amides is 1. The topological polar surface area (TPSA) is 46.1 Å². The van der Waals surface area contributed by atoms with Crippen molar-refractivity contribution in [2.24, 2.45) is 0 Å². The molecule has 0 N–H and O–H groups in total. The minimum atomic E-state index is 0.126. The standard InChI is InChI=1S/C13H13N3O/c17-13(16-5-1-2-6-16)10-3-4-11-8-14-15-9-12(11)7-10/h3-4,7-9H,1-2,5-6H2. The molecule has 0 bridgehead atoms. The third kappa shape index (κ3) is 1.86. The first-order valence-corrected chi connectivity index (χ1v) is 5.84. The maximum absolute atomic E-state index is 12.2. The number of rotatable bonds is 1. The van der Waals surface area contributed by atoms with Crippen LogP contribution in [0.4, 0.5) is 0 Å². The third-order valence-corrected chi connectivity index (χ3v) is 3.19. The van der Waals surface area contributed by atoms with Crippen molar-refractivity contribution in [1.82, 2.24) is 15.1 Å². The predicted octanol–water partition coefficient (Wildman–Crippen LogP) is 1.87. The first-order chi connectivity index (χ1) is 8.34. The molecule has 2 aromatic rings. The Hall–Kier alpha value is -1.97. The number of carbonyl (C=O) groups is 1. The molecular weight excluding hydrogens is 214 g/mol. The van der Waals surface area contributed by atoms with Gasteiger partial charge in [0.05, 0.1) is 12.4 Å². The number of aromatic nitrogens is 2. The lowest BCUT2D eigenvalue weighted by atomic mass is 10.1. The van der Waals surface area contributed by atoms with Gasteiger partial charge in [-0.1, -0.05) is 6.07 Å². The summed E-state index contributed by atoms with van der Waals surface area (Å²) in [6, 6.07) is 5.68. The van der Waals surface area contributed by atoms with E-state index in [2.05, 4.69) is 10.2 Å². The molecule has 1 aliphatic heterocycles. The van der Waals surface area contributed by atoms with Crippen LogP contribution >= 0.6 is 0 Å². The predicted molar refractivity (Wildman–Crippen MR) is 64.7 cm³/mol. The highest BCUT2D eigenvalue weighted by Crippen LogP contribution is 2.17. The van der Waals surface area contributed by atoms with Crippen LogP contribution in [0.1, 0.15) is 23.2 Å². The van der Waals surface area contributed by atoms with Crippen molar-refractivity contribution in [3.05, 3.63) is 36.2 Å². The van der Waals surface area contributed by atoms with Gasteiger partial charge in [0.15, 0.2) is 0 Å². The fraction of sp³-hybridized carbons (Fsp3) is 0.308. The van der Waals surface area contributed by atoms with E-state index in [4.69, 9.17) is 0 Å². The van der Waals surface area contributed by atoms with Crippen molar-refractivity contribution in [2.75, 3.05) is 13.1 Å². The van der Waals surface area contributed by atoms with E-state index in [1.807, 2.05) is 23.1 Å². The summed E-state index contributed by atoms with van der Waals surface area (Å²) >= 11 is 0. The van der Waals surface area contributed by atoms with Crippen LogP contribution in [0.5, 0.6) is 0 Å². The van der Waals surface area contributed by atoms with Gasteiger partial charge in [0.1, 0.15) is 0 Å². The summed E-state index contributed by atoms with van der Waals surface area (Å²) in [7, 11) is 0. The molecule has 1 aliphatic rings. The molecule has 1 saturated heterocycles. The van der Waals surface area contributed by atoms with Gasteiger partial charge in [-0.05, 0) is 25.0 Å². The molecule has 0 unspecified atom stereocenters. The van der Waals surface area contributed by atoms with Gasteiger partial charge in [0.25, 0.3) is 5.91 Å². The number of hydrogen-bond acceptors (Lipinski definition) is 3. The lowest BCUT2D eigenvalue weighted by molar-refractivity contribution is 0.0793. The molecule has 0 atom stereocenters. The summed E-state index contributed by atoms with van der Waals surface area (Å²) in [5.74, 6) is 0.126. The molecule has 17 heavy (non-hydrogen) atoms. The zero-order valence-corrected chi connectivity index (χ0v) is 9.47. The van der Waals surface area contributed by atoms with Crippen LogP contribution < -0.4 is 0 Å². The van der Waals surface area contributed by atoms with Crippen molar-refractivity contribution in [3.63, 3.8) is 0 Å². The number of hydrogen-bond donors (Lipinski definition) is 0. The molecule has 1 aromatic carbocycles. The van der Waals surface area contributed by atoms with E-state index in [0.29, 0.717) is 0 Å². The van der Waals surface area contributed by atoms with E-state index < -0.39 is 0 Å². The fourth-order valence-electron chi connectivity index (χ4n) is 2.23. The monoisotopic (exact) mass is 227 g/mol. The van der Waals surface area contributed by atoms with E-state index in [1.165, 1.54) is 0 Å². The SMILES string of the molecule is O=C(c1ccc2cnncc2c1)N1CCCC1. The molecule has 0 radical (unpaired) electrons. The second-order valence-electron chi connectivity index (χ2n) is 4.33. The number of nitrogens with zero attached hydrogens (tertiary/aromatic N) is 3. The summed E-state index contributed by atoms with van der Waals surface area (Å²) in [4.78, 5) is 14.1. The largest absolute Gasteiger partial charge is 0.339 e. The smallest absolute Gasteiger partial charge is 0.253 e. The molecule has 0 spiro atoms. The van der Waals surface area contributed by atoms with Gasteiger partial charge in [-0.25, -0.2) is 0 Å². The van der Waals surface area contributed by atoms with Crippen molar-refractivity contribution in [1.29, 1.82) is 0 Å². The molecular formula is C13H13N3O. The Bertz CT molecular complexity index is 561. The summed E-state index contributed by atoms with van der Waals surface area (Å²) in [6.45, 7) is 1.76. The molecule has 2 heterocycles. The van der Waals surface area contributed by atoms with Crippen LogP contribution in [-0.2, 0) is 0 Å². The zero-order chi connectivity index (χ0) is 11.7. The van der Waals surface area contributed by atoms with Crippen LogP contribution in [0.3, 0.4) is 0 Å². The second kappa shape index (κ2) is 4.13. The minimum Gasteiger partial charge on any atom is -0.339 e. The molecule has 4 heteroatoms. The highest BCUT2D eigenvalue weighted by Gasteiger charge is 2.19. The summed E-state index contributed by atoms with van der Waals surface area (Å²) < 4.78 is 0. The summed E-state index contributed by atoms with van der Waals surface area (Å²) in [5, 5.41) is 9.63. The Kier molecular flexibility index (Phi) is 2.48. The van der Waals surface area contributed by atoms with Crippen molar-refractivity contribution in [2.45, 2.75) is 12.8 Å². The lowest BCUT2D eigenvalue weighted by Gasteiger charge is -2.15. The van der Waals surface area contributed by atoms with Crippen LogP contribution in [-0.4, -0.2) is 34.1 Å². The quantitative estimate of drug-likeness (QED) is 0.747. The van der Waals surface area contributed by atoms with Crippen molar-refractivity contribution >= 4 is 16.7 Å². The van der Waals surface area contributed by atoms with Crippen molar-refractivity contribution in [3.8, 4) is 0 Å². The second-order valence-corrected chi connectivity index (χ2v) is 4.33. The van der Waals surface area contributed by atoms with E-state index in [1.54, 1.807) is 12.4 Å². The van der Waals surface area contributed by atoms with Gasteiger partial charge in [-0.3, -0.25) is 4.79 Å². The molecule has 3 rings (SSSR count). The summed E-state index contributed by atoms with van der Waals surface area (Å²) in [5.41, 5.74) is 0.743. The molecule has 0 aliphatic carbocycles. The van der Waals surface area contributed by atoms with Crippen LogP contribution in [0.15, 0.2) is 30.6 Å². The molecule has 0 saturated carbocycles. The van der Waals surface area contributed by atoms with Crippen LogP contribution in [0, 0.1) is 0 Å². The number of likely N-dealkylation sites (tertiary alicyclic amines) is 1. The maximum atomic E-state index is 12.2. The van der Waals surface area contributed by atoms with Gasteiger partial charge in [0.2, 0.25) is 0 Å². The van der Waals surface area contributed by atoms with Crippen LogP contribution in [0.2, 0.25) is 0 Å². The Morgan fingerprint density at radius 2 is 1.76 bits per heavy atom. The van der Waals surface area contributed by atoms with Gasteiger partial charge in [0, 0.05) is 29.4 Å². The van der Waals surface area contributed by atoms with Gasteiger partial charge >= 0.3 is 0 Å². The Balaban J connectivity index is 1.97. The van der Waals surface area contributed by atoms with E-state index in [-0.39, 0.29) is 5.91 Å². The van der Waals surface area contributed by atoms with Gasteiger partial charge < -0.3 is 4.90 Å². The Morgan fingerprint density at radius 1 is 1.06 bits per heavy atom. The average Bonchev–Trinajstić information content (AvgIpc) is 2.91. The highest BCUT2D eigenvalue weighted by molar-refractivity contribution is 5.98. The van der Waals surface area contributed by atoms with Gasteiger partial charge in [-0.2, -0.15) is 10.2 Å². The zero-order valence-electron chi connectivity index (χ0n) is 9.47.